The van der Waals surface area contributed by atoms with Crippen molar-refractivity contribution in [2.24, 2.45) is 0 Å². The fraction of sp³-hybridized carbons (Fsp3) is 0. The molecule has 1 aromatic carbocycles. The van der Waals surface area contributed by atoms with E-state index in [1.54, 1.807) is 23.7 Å². The van der Waals surface area contributed by atoms with Crippen molar-refractivity contribution < 1.29 is 0 Å². The number of aromatic nitrogens is 5. The molecule has 0 amide bonds. The number of imidazole rings is 1. The molecule has 5 aromatic rings. The van der Waals surface area contributed by atoms with E-state index in [2.05, 4.69) is 32.2 Å². The Morgan fingerprint density at radius 2 is 1.91 bits per heavy atom. The fourth-order valence-electron chi connectivity index (χ4n) is 2.72. The van der Waals surface area contributed by atoms with Crippen molar-refractivity contribution in [3.63, 3.8) is 0 Å². The Morgan fingerprint density at radius 1 is 1.04 bits per heavy atom. The van der Waals surface area contributed by atoms with E-state index in [4.69, 9.17) is 0 Å². The largest absolute Gasteiger partial charge is 0.360 e. The molecule has 4 heterocycles. The van der Waals surface area contributed by atoms with Crippen LogP contribution >= 0.6 is 11.3 Å². The number of hydrogen-bond donors (Lipinski definition) is 1. The van der Waals surface area contributed by atoms with Crippen LogP contribution in [-0.2, 0) is 0 Å². The summed E-state index contributed by atoms with van der Waals surface area (Å²) in [6.45, 7) is 0. The zero-order valence-corrected chi connectivity index (χ0v) is 12.8. The van der Waals surface area contributed by atoms with Gasteiger partial charge >= 0.3 is 0 Å². The first-order chi connectivity index (χ1) is 11.4. The quantitative estimate of drug-likeness (QED) is 0.535. The third kappa shape index (κ3) is 1.96. The molecule has 0 spiro atoms. The van der Waals surface area contributed by atoms with Crippen molar-refractivity contribution >= 4 is 27.2 Å². The molecule has 4 aromatic heterocycles. The molecule has 0 aliphatic rings. The van der Waals surface area contributed by atoms with Crippen LogP contribution in [0.15, 0.2) is 61.2 Å². The Bertz CT molecular complexity index is 1090. The van der Waals surface area contributed by atoms with Crippen LogP contribution < -0.4 is 0 Å². The van der Waals surface area contributed by atoms with E-state index >= 15 is 0 Å². The standard InChI is InChI=1S/C17H11N5S/c1-2-4-14-12(3-1)13(9-19-14)16-21-22-10-15(20-17(22)23-16)11-5-7-18-8-6-11/h1-10,19H. The lowest BCUT2D eigenvalue weighted by Gasteiger charge is -1.94. The number of para-hydroxylation sites is 1. The highest BCUT2D eigenvalue weighted by Crippen LogP contribution is 2.32. The maximum atomic E-state index is 4.69. The highest BCUT2D eigenvalue weighted by molar-refractivity contribution is 7.20. The molecular weight excluding hydrogens is 306 g/mol. The van der Waals surface area contributed by atoms with Gasteiger partial charge in [0.1, 0.15) is 5.01 Å². The van der Waals surface area contributed by atoms with Gasteiger partial charge in [-0.1, -0.05) is 29.5 Å². The van der Waals surface area contributed by atoms with Crippen LogP contribution in [0.1, 0.15) is 0 Å². The van der Waals surface area contributed by atoms with Crippen molar-refractivity contribution in [2.75, 3.05) is 0 Å². The lowest BCUT2D eigenvalue weighted by Crippen LogP contribution is -1.82. The minimum atomic E-state index is 0.886. The summed E-state index contributed by atoms with van der Waals surface area (Å²) in [5.74, 6) is 0. The molecule has 0 atom stereocenters. The van der Waals surface area contributed by atoms with E-state index in [1.165, 1.54) is 5.39 Å². The predicted molar refractivity (Wildman–Crippen MR) is 91.4 cm³/mol. The van der Waals surface area contributed by atoms with Gasteiger partial charge in [-0.25, -0.2) is 9.50 Å². The molecule has 5 rings (SSSR count). The lowest BCUT2D eigenvalue weighted by atomic mass is 10.2. The molecule has 110 valence electrons. The number of hydrogen-bond acceptors (Lipinski definition) is 4. The number of nitrogens with zero attached hydrogens (tertiary/aromatic N) is 4. The summed E-state index contributed by atoms with van der Waals surface area (Å²) >= 11 is 1.59. The second kappa shape index (κ2) is 4.76. The Labute approximate surface area is 135 Å². The van der Waals surface area contributed by atoms with Gasteiger partial charge in [-0.2, -0.15) is 5.10 Å². The van der Waals surface area contributed by atoms with Gasteiger partial charge in [0.2, 0.25) is 4.96 Å². The minimum Gasteiger partial charge on any atom is -0.360 e. The number of benzene rings is 1. The molecule has 0 aliphatic carbocycles. The maximum absolute atomic E-state index is 4.69. The first-order valence-corrected chi connectivity index (χ1v) is 8.03. The maximum Gasteiger partial charge on any atom is 0.213 e. The van der Waals surface area contributed by atoms with Gasteiger partial charge in [0, 0.05) is 40.6 Å². The Kier molecular flexibility index (Phi) is 2.59. The summed E-state index contributed by atoms with van der Waals surface area (Å²) in [4.78, 5) is 12.9. The van der Waals surface area contributed by atoms with E-state index < -0.39 is 0 Å². The number of pyridine rings is 1. The predicted octanol–water partition coefficient (Wildman–Crippen LogP) is 4.00. The molecule has 1 N–H and O–H groups in total. The number of aromatic amines is 1. The highest BCUT2D eigenvalue weighted by Gasteiger charge is 2.13. The SMILES string of the molecule is c1ccc2c(-c3nn4cc(-c5ccncc5)nc4s3)c[nH]c2c1. The van der Waals surface area contributed by atoms with Crippen molar-refractivity contribution in [2.45, 2.75) is 0 Å². The highest BCUT2D eigenvalue weighted by atomic mass is 32.1. The summed E-state index contributed by atoms with van der Waals surface area (Å²) in [6.07, 6.45) is 7.51. The van der Waals surface area contributed by atoms with E-state index in [0.29, 0.717) is 0 Å². The average Bonchev–Trinajstić information content (AvgIpc) is 3.27. The third-order valence-electron chi connectivity index (χ3n) is 3.84. The molecule has 0 fully saturated rings. The molecule has 0 saturated carbocycles. The second-order valence-electron chi connectivity index (χ2n) is 5.24. The molecule has 0 saturated heterocycles. The normalized spacial score (nSPS) is 11.5. The van der Waals surface area contributed by atoms with Gasteiger partial charge in [-0.3, -0.25) is 4.98 Å². The van der Waals surface area contributed by atoms with Gasteiger partial charge in [0.25, 0.3) is 0 Å². The monoisotopic (exact) mass is 317 g/mol. The van der Waals surface area contributed by atoms with Crippen molar-refractivity contribution in [3.8, 4) is 21.8 Å². The molecule has 0 bridgehead atoms. The first-order valence-electron chi connectivity index (χ1n) is 7.21. The third-order valence-corrected chi connectivity index (χ3v) is 4.79. The number of nitrogens with one attached hydrogen (secondary N) is 1. The van der Waals surface area contributed by atoms with E-state index in [0.717, 1.165) is 32.3 Å². The molecule has 5 nitrogen and oxygen atoms in total. The van der Waals surface area contributed by atoms with E-state index in [9.17, 15) is 0 Å². The summed E-state index contributed by atoms with van der Waals surface area (Å²) in [6, 6.07) is 12.1. The topological polar surface area (TPSA) is 58.9 Å². The average molecular weight is 317 g/mol. The summed E-state index contributed by atoms with van der Waals surface area (Å²) < 4.78 is 1.84. The van der Waals surface area contributed by atoms with Gasteiger partial charge in [-0.05, 0) is 18.2 Å². The molecular formula is C17H11N5S. The smallest absolute Gasteiger partial charge is 0.213 e. The number of fused-ring (bicyclic) bond motifs is 2. The summed E-state index contributed by atoms with van der Waals surface area (Å²) in [5.41, 5.74) is 4.19. The molecule has 23 heavy (non-hydrogen) atoms. The zero-order chi connectivity index (χ0) is 15.2. The van der Waals surface area contributed by atoms with Crippen LogP contribution in [0.3, 0.4) is 0 Å². The first kappa shape index (κ1) is 12.5. The second-order valence-corrected chi connectivity index (χ2v) is 6.20. The van der Waals surface area contributed by atoms with Crippen molar-refractivity contribution in [3.05, 3.63) is 61.2 Å². The van der Waals surface area contributed by atoms with Crippen LogP contribution in [0.2, 0.25) is 0 Å². The van der Waals surface area contributed by atoms with E-state index in [1.807, 2.05) is 41.2 Å². The lowest BCUT2D eigenvalue weighted by molar-refractivity contribution is 0.979. The number of rotatable bonds is 2. The fourth-order valence-corrected chi connectivity index (χ4v) is 3.63. The van der Waals surface area contributed by atoms with Crippen molar-refractivity contribution in [1.29, 1.82) is 0 Å². The van der Waals surface area contributed by atoms with Crippen LogP contribution in [-0.4, -0.2) is 24.6 Å². The van der Waals surface area contributed by atoms with E-state index in [-0.39, 0.29) is 0 Å². The zero-order valence-electron chi connectivity index (χ0n) is 12.0. The van der Waals surface area contributed by atoms with Crippen LogP contribution in [0, 0.1) is 0 Å². The Hall–Kier alpha value is -2.99. The van der Waals surface area contributed by atoms with Gasteiger partial charge in [0.15, 0.2) is 0 Å². The minimum absolute atomic E-state index is 0.886. The number of H-pyrrole nitrogens is 1. The Balaban J connectivity index is 1.63. The van der Waals surface area contributed by atoms with Crippen LogP contribution in [0.25, 0.3) is 37.7 Å². The molecule has 0 unspecified atom stereocenters. The molecule has 6 heteroatoms. The summed E-state index contributed by atoms with van der Waals surface area (Å²) in [7, 11) is 0. The molecule has 0 radical (unpaired) electrons. The van der Waals surface area contributed by atoms with Gasteiger partial charge in [0.05, 0.1) is 11.9 Å². The van der Waals surface area contributed by atoms with Crippen LogP contribution in [0.4, 0.5) is 0 Å². The molecule has 0 aliphatic heterocycles. The van der Waals surface area contributed by atoms with Crippen LogP contribution in [0.5, 0.6) is 0 Å². The van der Waals surface area contributed by atoms with Crippen molar-refractivity contribution in [1.82, 2.24) is 24.6 Å². The Morgan fingerprint density at radius 3 is 2.78 bits per heavy atom. The van der Waals surface area contributed by atoms with Gasteiger partial charge < -0.3 is 4.98 Å². The summed E-state index contributed by atoms with van der Waals surface area (Å²) in [5, 5.41) is 6.83. The van der Waals surface area contributed by atoms with Gasteiger partial charge in [-0.15, -0.1) is 0 Å².